The zero-order valence-electron chi connectivity index (χ0n) is 12.0. The molecule has 118 valence electrons. The summed E-state index contributed by atoms with van der Waals surface area (Å²) < 4.78 is 44.6. The van der Waals surface area contributed by atoms with Crippen LogP contribution in [0.1, 0.15) is 30.9 Å². The fraction of sp³-hybridized carbons (Fsp3) is 0.600. The van der Waals surface area contributed by atoms with Crippen molar-refractivity contribution >= 4 is 0 Å². The molecule has 2 rings (SSSR count). The van der Waals surface area contributed by atoms with Crippen LogP contribution < -0.4 is 15.8 Å². The molecule has 0 aliphatic carbocycles. The Bertz CT molecular complexity index is 468. The van der Waals surface area contributed by atoms with Crippen molar-refractivity contribution in [1.29, 1.82) is 0 Å². The molecule has 0 bridgehead atoms. The summed E-state index contributed by atoms with van der Waals surface area (Å²) in [5.41, 5.74) is 5.57. The molecule has 1 saturated heterocycles. The van der Waals surface area contributed by atoms with E-state index in [2.05, 4.69) is 5.32 Å². The zero-order chi connectivity index (χ0) is 15.5. The van der Waals surface area contributed by atoms with E-state index in [1.165, 1.54) is 0 Å². The van der Waals surface area contributed by atoms with Gasteiger partial charge in [0.15, 0.2) is 0 Å². The molecule has 1 aliphatic heterocycles. The van der Waals surface area contributed by atoms with E-state index < -0.39 is 11.7 Å². The van der Waals surface area contributed by atoms with Crippen molar-refractivity contribution in [2.75, 3.05) is 13.1 Å². The molecule has 3 N–H and O–H groups in total. The summed E-state index contributed by atoms with van der Waals surface area (Å²) in [4.78, 5) is 0. The monoisotopic (exact) mass is 302 g/mol. The highest BCUT2D eigenvalue weighted by molar-refractivity contribution is 5.36. The zero-order valence-corrected chi connectivity index (χ0v) is 12.0. The standard InChI is InChI=1S/C15H21F3N2O/c1-10(19)6-11-7-12(15(16,17)18)9-14(8-11)21-13-2-4-20-5-3-13/h7-10,13,20H,2-6,19H2,1H3. The molecule has 6 heteroatoms. The van der Waals surface area contributed by atoms with Crippen molar-refractivity contribution < 1.29 is 17.9 Å². The lowest BCUT2D eigenvalue weighted by molar-refractivity contribution is -0.137. The third-order valence-corrected chi connectivity index (χ3v) is 3.44. The van der Waals surface area contributed by atoms with Gasteiger partial charge in [0.2, 0.25) is 0 Å². The first-order valence-electron chi connectivity index (χ1n) is 7.18. The summed E-state index contributed by atoms with van der Waals surface area (Å²) in [5.74, 6) is 0.285. The molecule has 1 unspecified atom stereocenters. The van der Waals surface area contributed by atoms with E-state index in [0.29, 0.717) is 12.0 Å². The third-order valence-electron chi connectivity index (χ3n) is 3.44. The van der Waals surface area contributed by atoms with Gasteiger partial charge in [0.1, 0.15) is 11.9 Å². The van der Waals surface area contributed by atoms with Gasteiger partial charge in [0.25, 0.3) is 0 Å². The smallest absolute Gasteiger partial charge is 0.416 e. The van der Waals surface area contributed by atoms with Gasteiger partial charge in [-0.2, -0.15) is 13.2 Å². The lowest BCUT2D eigenvalue weighted by Crippen LogP contribution is -2.34. The molecule has 1 aromatic rings. The van der Waals surface area contributed by atoms with E-state index in [9.17, 15) is 13.2 Å². The molecular formula is C15H21F3N2O. The van der Waals surface area contributed by atoms with Crippen LogP contribution in [-0.2, 0) is 12.6 Å². The van der Waals surface area contributed by atoms with Crippen LogP contribution in [0.25, 0.3) is 0 Å². The Balaban J connectivity index is 2.21. The molecule has 1 heterocycles. The summed E-state index contributed by atoms with van der Waals surface area (Å²) in [7, 11) is 0. The summed E-state index contributed by atoms with van der Waals surface area (Å²) in [5, 5.41) is 3.20. The molecule has 0 radical (unpaired) electrons. The number of hydrogen-bond acceptors (Lipinski definition) is 3. The first-order chi connectivity index (χ1) is 9.84. The third kappa shape index (κ3) is 4.89. The fourth-order valence-electron chi connectivity index (χ4n) is 2.49. The number of nitrogens with two attached hydrogens (primary N) is 1. The van der Waals surface area contributed by atoms with Gasteiger partial charge in [0.05, 0.1) is 5.56 Å². The quantitative estimate of drug-likeness (QED) is 0.899. The Hall–Kier alpha value is -1.27. The van der Waals surface area contributed by atoms with Crippen molar-refractivity contribution in [3.05, 3.63) is 29.3 Å². The molecule has 0 saturated carbocycles. The van der Waals surface area contributed by atoms with Crippen molar-refractivity contribution in [3.8, 4) is 5.75 Å². The minimum absolute atomic E-state index is 0.0297. The Labute approximate surface area is 122 Å². The fourth-order valence-corrected chi connectivity index (χ4v) is 2.49. The van der Waals surface area contributed by atoms with Gasteiger partial charge in [-0.05, 0) is 63.0 Å². The van der Waals surface area contributed by atoms with Crippen LogP contribution in [0.15, 0.2) is 18.2 Å². The van der Waals surface area contributed by atoms with Crippen LogP contribution in [-0.4, -0.2) is 25.2 Å². The van der Waals surface area contributed by atoms with Gasteiger partial charge in [-0.15, -0.1) is 0 Å². The number of nitrogens with one attached hydrogen (secondary N) is 1. The number of alkyl halides is 3. The number of benzene rings is 1. The van der Waals surface area contributed by atoms with Gasteiger partial charge in [0, 0.05) is 6.04 Å². The maximum absolute atomic E-state index is 13.0. The molecule has 1 atom stereocenters. The lowest BCUT2D eigenvalue weighted by Gasteiger charge is -2.24. The van der Waals surface area contributed by atoms with Crippen LogP contribution in [0, 0.1) is 0 Å². The van der Waals surface area contributed by atoms with Gasteiger partial charge in [-0.25, -0.2) is 0 Å². The average molecular weight is 302 g/mol. The first-order valence-corrected chi connectivity index (χ1v) is 7.18. The summed E-state index contributed by atoms with van der Waals surface area (Å²) >= 11 is 0. The maximum atomic E-state index is 13.0. The second kappa shape index (κ2) is 6.66. The number of hydrogen-bond donors (Lipinski definition) is 2. The molecule has 1 aliphatic rings. The molecule has 0 amide bonds. The molecule has 3 nitrogen and oxygen atoms in total. The Morgan fingerprint density at radius 1 is 1.29 bits per heavy atom. The first kappa shape index (κ1) is 16.1. The van der Waals surface area contributed by atoms with Crippen molar-refractivity contribution in [2.24, 2.45) is 5.73 Å². The van der Waals surface area contributed by atoms with Gasteiger partial charge >= 0.3 is 6.18 Å². The Kier molecular flexibility index (Phi) is 5.11. The molecule has 0 spiro atoms. The molecule has 1 aromatic carbocycles. The minimum Gasteiger partial charge on any atom is -0.490 e. The van der Waals surface area contributed by atoms with E-state index >= 15 is 0 Å². The predicted octanol–water partition coefficient (Wildman–Crippen LogP) is 2.73. The largest absolute Gasteiger partial charge is 0.490 e. The van der Waals surface area contributed by atoms with Crippen molar-refractivity contribution in [3.63, 3.8) is 0 Å². The van der Waals surface area contributed by atoms with Crippen molar-refractivity contribution in [1.82, 2.24) is 5.32 Å². The van der Waals surface area contributed by atoms with Crippen LogP contribution in [0.3, 0.4) is 0 Å². The van der Waals surface area contributed by atoms with Gasteiger partial charge < -0.3 is 15.8 Å². The van der Waals surface area contributed by atoms with E-state index in [0.717, 1.165) is 38.1 Å². The average Bonchev–Trinajstić information content (AvgIpc) is 2.37. The van der Waals surface area contributed by atoms with Crippen LogP contribution in [0.2, 0.25) is 0 Å². The predicted molar refractivity (Wildman–Crippen MR) is 75.3 cm³/mol. The van der Waals surface area contributed by atoms with Crippen LogP contribution in [0.4, 0.5) is 13.2 Å². The molecule has 0 aromatic heterocycles. The van der Waals surface area contributed by atoms with E-state index in [1.54, 1.807) is 13.0 Å². The van der Waals surface area contributed by atoms with E-state index in [1.807, 2.05) is 0 Å². The van der Waals surface area contributed by atoms with Gasteiger partial charge in [-0.3, -0.25) is 0 Å². The highest BCUT2D eigenvalue weighted by Crippen LogP contribution is 2.33. The summed E-state index contributed by atoms with van der Waals surface area (Å²) in [6.07, 6.45) is -2.40. The second-order valence-corrected chi connectivity index (χ2v) is 5.61. The molecule has 1 fully saturated rings. The number of piperidine rings is 1. The highest BCUT2D eigenvalue weighted by Gasteiger charge is 2.31. The van der Waals surface area contributed by atoms with E-state index in [4.69, 9.17) is 10.5 Å². The molecular weight excluding hydrogens is 281 g/mol. The Morgan fingerprint density at radius 2 is 1.95 bits per heavy atom. The Morgan fingerprint density at radius 3 is 2.52 bits per heavy atom. The minimum atomic E-state index is -4.37. The van der Waals surface area contributed by atoms with E-state index in [-0.39, 0.29) is 17.9 Å². The number of ether oxygens (including phenoxy) is 1. The summed E-state index contributed by atoms with van der Waals surface area (Å²) in [6, 6.07) is 3.70. The number of rotatable bonds is 4. The van der Waals surface area contributed by atoms with Crippen LogP contribution >= 0.6 is 0 Å². The normalized spacial score (nSPS) is 18.5. The highest BCUT2D eigenvalue weighted by atomic mass is 19.4. The summed E-state index contributed by atoms with van der Waals surface area (Å²) in [6.45, 7) is 3.43. The number of halogens is 3. The molecule has 21 heavy (non-hydrogen) atoms. The topological polar surface area (TPSA) is 47.3 Å². The lowest BCUT2D eigenvalue weighted by atomic mass is 10.0. The maximum Gasteiger partial charge on any atom is 0.416 e. The second-order valence-electron chi connectivity index (χ2n) is 5.61. The SMILES string of the molecule is CC(N)Cc1cc(OC2CCNCC2)cc(C(F)(F)F)c1. The van der Waals surface area contributed by atoms with Gasteiger partial charge in [-0.1, -0.05) is 0 Å². The van der Waals surface area contributed by atoms with Crippen molar-refractivity contribution in [2.45, 2.75) is 44.5 Å². The van der Waals surface area contributed by atoms with Crippen LogP contribution in [0.5, 0.6) is 5.75 Å².